The number of hydrogen-bond acceptors (Lipinski definition) is 3. The number of carbonyl (C=O) groups excluding carboxylic acids is 2. The molecule has 0 aliphatic carbocycles. The fraction of sp³-hybridized carbons (Fsp3) is 0.333. The second kappa shape index (κ2) is 7.13. The highest BCUT2D eigenvalue weighted by Crippen LogP contribution is 2.20. The number of aryl methyl sites for hydroxylation is 3. The average Bonchev–Trinajstić information content (AvgIpc) is 2.78. The van der Waals surface area contributed by atoms with Gasteiger partial charge in [0.2, 0.25) is 5.91 Å². The molecule has 0 saturated heterocycles. The van der Waals surface area contributed by atoms with Gasteiger partial charge in [0.15, 0.2) is 0 Å². The molecule has 0 aliphatic heterocycles. The lowest BCUT2D eigenvalue weighted by atomic mass is 10.1. The van der Waals surface area contributed by atoms with Crippen molar-refractivity contribution in [2.24, 2.45) is 0 Å². The number of benzene rings is 1. The summed E-state index contributed by atoms with van der Waals surface area (Å²) < 4.78 is 5.44. The number of hydrogen-bond donors (Lipinski definition) is 2. The van der Waals surface area contributed by atoms with Crippen molar-refractivity contribution in [1.29, 1.82) is 0 Å². The van der Waals surface area contributed by atoms with Crippen LogP contribution in [0.15, 0.2) is 28.7 Å². The number of rotatable bonds is 5. The van der Waals surface area contributed by atoms with Crippen molar-refractivity contribution in [2.75, 3.05) is 11.9 Å². The number of para-hydroxylation sites is 1. The highest BCUT2D eigenvalue weighted by molar-refractivity contribution is 6.01. The van der Waals surface area contributed by atoms with Crippen molar-refractivity contribution in [3.8, 4) is 0 Å². The Morgan fingerprint density at radius 1 is 1.09 bits per heavy atom. The van der Waals surface area contributed by atoms with E-state index in [2.05, 4.69) is 10.6 Å². The fourth-order valence-corrected chi connectivity index (χ4v) is 2.52. The number of anilines is 1. The first-order valence-corrected chi connectivity index (χ1v) is 7.66. The van der Waals surface area contributed by atoms with Gasteiger partial charge in [-0.3, -0.25) is 9.59 Å². The van der Waals surface area contributed by atoms with Crippen molar-refractivity contribution in [1.82, 2.24) is 5.32 Å². The molecule has 0 spiro atoms. The molecule has 23 heavy (non-hydrogen) atoms. The molecule has 1 aromatic heterocycles. The number of amides is 2. The highest BCUT2D eigenvalue weighted by atomic mass is 16.3. The quantitative estimate of drug-likeness (QED) is 0.890. The van der Waals surface area contributed by atoms with Crippen molar-refractivity contribution < 1.29 is 14.0 Å². The van der Waals surface area contributed by atoms with Crippen molar-refractivity contribution >= 4 is 17.5 Å². The van der Waals surface area contributed by atoms with E-state index >= 15 is 0 Å². The third kappa shape index (κ3) is 3.80. The van der Waals surface area contributed by atoms with Crippen molar-refractivity contribution in [3.63, 3.8) is 0 Å². The number of carbonyl (C=O) groups is 2. The lowest BCUT2D eigenvalue weighted by Crippen LogP contribution is -2.33. The second-order valence-corrected chi connectivity index (χ2v) is 5.46. The van der Waals surface area contributed by atoms with Crippen LogP contribution >= 0.6 is 0 Å². The molecule has 2 amide bonds. The molecule has 1 aromatic carbocycles. The van der Waals surface area contributed by atoms with E-state index in [9.17, 15) is 9.59 Å². The van der Waals surface area contributed by atoms with Gasteiger partial charge in [0, 0.05) is 11.3 Å². The van der Waals surface area contributed by atoms with Gasteiger partial charge in [0.05, 0.1) is 12.1 Å². The minimum Gasteiger partial charge on any atom is -0.466 e. The molecule has 0 atom stereocenters. The van der Waals surface area contributed by atoms with Gasteiger partial charge in [-0.05, 0) is 38.8 Å². The van der Waals surface area contributed by atoms with Crippen LogP contribution in [0, 0.1) is 20.8 Å². The predicted molar refractivity (Wildman–Crippen MR) is 89.7 cm³/mol. The first-order valence-electron chi connectivity index (χ1n) is 7.66. The van der Waals surface area contributed by atoms with Crippen LogP contribution in [0.2, 0.25) is 0 Å². The SMILES string of the molecule is CCc1ccccc1NC(=O)CNC(=O)c1c(C)oc(C)c1C. The van der Waals surface area contributed by atoms with Gasteiger partial charge < -0.3 is 15.1 Å². The van der Waals surface area contributed by atoms with Crippen LogP contribution in [0.1, 0.15) is 39.9 Å². The molecule has 1 heterocycles. The smallest absolute Gasteiger partial charge is 0.255 e. The Labute approximate surface area is 136 Å². The van der Waals surface area contributed by atoms with Crippen LogP contribution in [-0.4, -0.2) is 18.4 Å². The highest BCUT2D eigenvalue weighted by Gasteiger charge is 2.19. The van der Waals surface area contributed by atoms with Gasteiger partial charge in [-0.25, -0.2) is 0 Å². The molecular weight excluding hydrogens is 292 g/mol. The monoisotopic (exact) mass is 314 g/mol. The molecule has 0 fully saturated rings. The van der Waals surface area contributed by atoms with Gasteiger partial charge in [-0.2, -0.15) is 0 Å². The molecule has 122 valence electrons. The van der Waals surface area contributed by atoms with Crippen LogP contribution < -0.4 is 10.6 Å². The Bertz CT molecular complexity index is 732. The summed E-state index contributed by atoms with van der Waals surface area (Å²) in [6.45, 7) is 7.33. The first kappa shape index (κ1) is 16.8. The van der Waals surface area contributed by atoms with E-state index in [0.717, 1.165) is 23.2 Å². The maximum atomic E-state index is 12.2. The minimum absolute atomic E-state index is 0.0833. The van der Waals surface area contributed by atoms with Crippen LogP contribution in [0.5, 0.6) is 0 Å². The predicted octanol–water partition coefficient (Wildman–Crippen LogP) is 3.14. The van der Waals surface area contributed by atoms with Crippen molar-refractivity contribution in [3.05, 3.63) is 52.5 Å². The van der Waals surface area contributed by atoms with Crippen LogP contribution in [0.4, 0.5) is 5.69 Å². The summed E-state index contributed by atoms with van der Waals surface area (Å²) in [6, 6.07) is 7.62. The van der Waals surface area contributed by atoms with Crippen molar-refractivity contribution in [2.45, 2.75) is 34.1 Å². The minimum atomic E-state index is -0.296. The zero-order valence-electron chi connectivity index (χ0n) is 13.9. The van der Waals surface area contributed by atoms with Crippen LogP contribution in [0.3, 0.4) is 0 Å². The summed E-state index contributed by atoms with van der Waals surface area (Å²) >= 11 is 0. The zero-order valence-corrected chi connectivity index (χ0v) is 13.9. The second-order valence-electron chi connectivity index (χ2n) is 5.46. The van der Waals surface area contributed by atoms with E-state index in [0.29, 0.717) is 17.1 Å². The van der Waals surface area contributed by atoms with E-state index in [4.69, 9.17) is 4.42 Å². The maximum Gasteiger partial charge on any atom is 0.255 e. The Kier molecular flexibility index (Phi) is 5.21. The molecule has 5 nitrogen and oxygen atoms in total. The van der Waals surface area contributed by atoms with E-state index < -0.39 is 0 Å². The number of furan rings is 1. The molecule has 2 rings (SSSR count). The molecule has 0 aliphatic rings. The van der Waals surface area contributed by atoms with E-state index in [1.54, 1.807) is 6.92 Å². The Balaban J connectivity index is 1.98. The van der Waals surface area contributed by atoms with E-state index in [-0.39, 0.29) is 18.4 Å². The maximum absolute atomic E-state index is 12.2. The Morgan fingerprint density at radius 3 is 2.39 bits per heavy atom. The van der Waals surface area contributed by atoms with Gasteiger partial charge in [-0.15, -0.1) is 0 Å². The summed E-state index contributed by atoms with van der Waals surface area (Å²) in [5.41, 5.74) is 3.14. The fourth-order valence-electron chi connectivity index (χ4n) is 2.52. The largest absolute Gasteiger partial charge is 0.466 e. The summed E-state index contributed by atoms with van der Waals surface area (Å²) in [4.78, 5) is 24.3. The molecule has 2 aromatic rings. The van der Waals surface area contributed by atoms with Crippen LogP contribution in [-0.2, 0) is 11.2 Å². The van der Waals surface area contributed by atoms with Crippen LogP contribution in [0.25, 0.3) is 0 Å². The molecule has 0 radical (unpaired) electrons. The molecule has 2 N–H and O–H groups in total. The lowest BCUT2D eigenvalue weighted by Gasteiger charge is -2.10. The van der Waals surface area contributed by atoms with E-state index in [1.807, 2.05) is 45.0 Å². The average molecular weight is 314 g/mol. The third-order valence-corrected chi connectivity index (χ3v) is 3.87. The number of nitrogens with one attached hydrogen (secondary N) is 2. The van der Waals surface area contributed by atoms with Gasteiger partial charge in [-0.1, -0.05) is 25.1 Å². The standard InChI is InChI=1S/C18H22N2O3/c1-5-14-8-6-7-9-15(14)20-16(21)10-19-18(22)17-11(2)12(3)23-13(17)4/h6-9H,5,10H2,1-4H3,(H,19,22)(H,20,21). The zero-order chi connectivity index (χ0) is 17.0. The van der Waals surface area contributed by atoms with Gasteiger partial charge >= 0.3 is 0 Å². The summed E-state index contributed by atoms with van der Waals surface area (Å²) in [6.07, 6.45) is 0.829. The van der Waals surface area contributed by atoms with Gasteiger partial charge in [0.1, 0.15) is 11.5 Å². The normalized spacial score (nSPS) is 10.4. The summed E-state index contributed by atoms with van der Waals surface area (Å²) in [5, 5.41) is 5.47. The first-order chi connectivity index (χ1) is 10.9. The molecule has 0 unspecified atom stereocenters. The topological polar surface area (TPSA) is 71.3 Å². The third-order valence-electron chi connectivity index (χ3n) is 3.87. The van der Waals surface area contributed by atoms with Gasteiger partial charge in [0.25, 0.3) is 5.91 Å². The molecule has 0 bridgehead atoms. The molecular formula is C18H22N2O3. The molecule has 5 heteroatoms. The summed E-state index contributed by atoms with van der Waals surface area (Å²) in [7, 11) is 0. The van der Waals surface area contributed by atoms with E-state index in [1.165, 1.54) is 0 Å². The lowest BCUT2D eigenvalue weighted by molar-refractivity contribution is -0.115. The molecule has 0 saturated carbocycles. The summed E-state index contributed by atoms with van der Waals surface area (Å²) in [5.74, 6) is 0.730. The Hall–Kier alpha value is -2.56. The Morgan fingerprint density at radius 2 is 1.78 bits per heavy atom.